The molecular formula is C14H21BrN2O3. The number of halogens is 1. The van der Waals surface area contributed by atoms with Gasteiger partial charge in [0.15, 0.2) is 4.67 Å². The fraction of sp³-hybridized carbons (Fsp3) is 0.714. The van der Waals surface area contributed by atoms with Crippen LogP contribution in [0.1, 0.15) is 37.5 Å². The van der Waals surface area contributed by atoms with Crippen molar-refractivity contribution in [1.82, 2.24) is 5.43 Å². The number of hydrogen-bond acceptors (Lipinski definition) is 5. The molecule has 1 spiro atoms. The van der Waals surface area contributed by atoms with E-state index in [4.69, 9.17) is 19.7 Å². The zero-order chi connectivity index (χ0) is 14.0. The van der Waals surface area contributed by atoms with Crippen molar-refractivity contribution in [1.29, 1.82) is 0 Å². The molecule has 0 aliphatic carbocycles. The Hall–Kier alpha value is -0.400. The third-order valence-electron chi connectivity index (χ3n) is 4.49. The molecule has 0 radical (unpaired) electrons. The molecule has 112 valence electrons. The molecule has 2 aliphatic heterocycles. The molecule has 1 aromatic rings. The van der Waals surface area contributed by atoms with E-state index in [9.17, 15) is 0 Å². The van der Waals surface area contributed by atoms with Gasteiger partial charge in [-0.1, -0.05) is 0 Å². The quantitative estimate of drug-likeness (QED) is 0.651. The van der Waals surface area contributed by atoms with E-state index in [1.807, 2.05) is 12.1 Å². The minimum absolute atomic E-state index is 0.0277. The molecule has 3 heterocycles. The second-order valence-electron chi connectivity index (χ2n) is 5.68. The summed E-state index contributed by atoms with van der Waals surface area (Å²) in [6.45, 7) is 2.37. The van der Waals surface area contributed by atoms with Gasteiger partial charge in [-0.15, -0.1) is 0 Å². The molecule has 2 saturated heterocycles. The first kappa shape index (κ1) is 14.5. The smallest absolute Gasteiger partial charge is 0.169 e. The molecule has 3 rings (SSSR count). The summed E-state index contributed by atoms with van der Waals surface area (Å²) < 4.78 is 18.0. The van der Waals surface area contributed by atoms with Gasteiger partial charge in [-0.05, 0) is 59.7 Å². The Kier molecular flexibility index (Phi) is 4.47. The number of rotatable bonds is 3. The van der Waals surface area contributed by atoms with Gasteiger partial charge in [0.1, 0.15) is 5.76 Å². The van der Waals surface area contributed by atoms with E-state index >= 15 is 0 Å². The summed E-state index contributed by atoms with van der Waals surface area (Å²) in [6.07, 6.45) is 3.95. The molecule has 6 heteroatoms. The molecule has 3 N–H and O–H groups in total. The Morgan fingerprint density at radius 3 is 2.75 bits per heavy atom. The average molecular weight is 345 g/mol. The van der Waals surface area contributed by atoms with Gasteiger partial charge in [-0.2, -0.15) is 0 Å². The fourth-order valence-corrected chi connectivity index (χ4v) is 3.71. The van der Waals surface area contributed by atoms with Crippen molar-refractivity contribution in [3.63, 3.8) is 0 Å². The summed E-state index contributed by atoms with van der Waals surface area (Å²) in [5.74, 6) is 7.08. The van der Waals surface area contributed by atoms with Crippen LogP contribution in [0.5, 0.6) is 0 Å². The number of nitrogens with one attached hydrogen (secondary N) is 1. The number of hydrogen-bond donors (Lipinski definition) is 2. The SMILES string of the molecule is NNC(c1ccc(Br)o1)C1CCOC2(CCOCC2)C1. The highest BCUT2D eigenvalue weighted by atomic mass is 79.9. The molecule has 0 bridgehead atoms. The van der Waals surface area contributed by atoms with Gasteiger partial charge in [0.25, 0.3) is 0 Å². The summed E-state index contributed by atoms with van der Waals surface area (Å²) in [5.41, 5.74) is 2.89. The minimum atomic E-state index is -0.0277. The topological polar surface area (TPSA) is 69.7 Å². The van der Waals surface area contributed by atoms with Crippen molar-refractivity contribution < 1.29 is 13.9 Å². The van der Waals surface area contributed by atoms with E-state index in [1.165, 1.54) is 0 Å². The van der Waals surface area contributed by atoms with E-state index < -0.39 is 0 Å². The summed E-state index contributed by atoms with van der Waals surface area (Å²) in [6, 6.07) is 3.91. The standard InChI is InChI=1S/C14H21BrN2O3/c15-12-2-1-11(20-12)13(17-16)10-3-6-19-14(9-10)4-7-18-8-5-14/h1-2,10,13,17H,3-9,16H2. The van der Waals surface area contributed by atoms with Crippen LogP contribution in [-0.4, -0.2) is 25.4 Å². The predicted molar refractivity (Wildman–Crippen MR) is 77.9 cm³/mol. The zero-order valence-corrected chi connectivity index (χ0v) is 13.0. The van der Waals surface area contributed by atoms with Crippen molar-refractivity contribution in [3.05, 3.63) is 22.6 Å². The van der Waals surface area contributed by atoms with E-state index in [0.717, 1.165) is 55.9 Å². The van der Waals surface area contributed by atoms with Gasteiger partial charge in [0.2, 0.25) is 0 Å². The Labute approximate surface area is 127 Å². The maximum Gasteiger partial charge on any atom is 0.169 e. The third-order valence-corrected chi connectivity index (χ3v) is 4.91. The van der Waals surface area contributed by atoms with Crippen LogP contribution in [0.25, 0.3) is 0 Å². The molecule has 2 atom stereocenters. The van der Waals surface area contributed by atoms with Crippen LogP contribution >= 0.6 is 15.9 Å². The molecule has 1 aromatic heterocycles. The van der Waals surface area contributed by atoms with Gasteiger partial charge in [0, 0.05) is 19.8 Å². The largest absolute Gasteiger partial charge is 0.453 e. The van der Waals surface area contributed by atoms with Gasteiger partial charge in [-0.25, -0.2) is 5.43 Å². The van der Waals surface area contributed by atoms with Gasteiger partial charge in [-0.3, -0.25) is 5.84 Å². The summed E-state index contributed by atoms with van der Waals surface area (Å²) in [7, 11) is 0. The lowest BCUT2D eigenvalue weighted by atomic mass is 9.77. The first-order chi connectivity index (χ1) is 9.72. The first-order valence-corrected chi connectivity index (χ1v) is 7.95. The fourth-order valence-electron chi connectivity index (χ4n) is 3.39. The molecular weight excluding hydrogens is 324 g/mol. The highest BCUT2D eigenvalue weighted by Gasteiger charge is 2.42. The van der Waals surface area contributed by atoms with E-state index in [-0.39, 0.29) is 11.6 Å². The Bertz CT molecular complexity index is 440. The van der Waals surface area contributed by atoms with Crippen LogP contribution in [-0.2, 0) is 9.47 Å². The maximum absolute atomic E-state index is 6.08. The molecule has 5 nitrogen and oxygen atoms in total. The average Bonchev–Trinajstić information content (AvgIpc) is 2.87. The van der Waals surface area contributed by atoms with Gasteiger partial charge >= 0.3 is 0 Å². The van der Waals surface area contributed by atoms with E-state index in [0.29, 0.717) is 5.92 Å². The van der Waals surface area contributed by atoms with Crippen molar-refractivity contribution in [2.24, 2.45) is 11.8 Å². The van der Waals surface area contributed by atoms with Crippen molar-refractivity contribution in [3.8, 4) is 0 Å². The van der Waals surface area contributed by atoms with Crippen LogP contribution in [0, 0.1) is 5.92 Å². The molecule has 0 aromatic carbocycles. The van der Waals surface area contributed by atoms with Crippen LogP contribution < -0.4 is 11.3 Å². The molecule has 2 unspecified atom stereocenters. The molecule has 20 heavy (non-hydrogen) atoms. The van der Waals surface area contributed by atoms with E-state index in [2.05, 4.69) is 21.4 Å². The van der Waals surface area contributed by atoms with Crippen LogP contribution in [0.3, 0.4) is 0 Å². The second-order valence-corrected chi connectivity index (χ2v) is 6.46. The zero-order valence-electron chi connectivity index (χ0n) is 11.4. The lowest BCUT2D eigenvalue weighted by molar-refractivity contribution is -0.151. The van der Waals surface area contributed by atoms with Crippen LogP contribution in [0.15, 0.2) is 21.2 Å². The molecule has 0 saturated carbocycles. The third kappa shape index (κ3) is 2.94. The Morgan fingerprint density at radius 2 is 2.10 bits per heavy atom. The normalized spacial score (nSPS) is 27.6. The van der Waals surface area contributed by atoms with Crippen LogP contribution in [0.4, 0.5) is 0 Å². The molecule has 2 fully saturated rings. The molecule has 0 amide bonds. The predicted octanol–water partition coefficient (Wildman–Crippen LogP) is 2.52. The lowest BCUT2D eigenvalue weighted by Gasteiger charge is -2.44. The minimum Gasteiger partial charge on any atom is -0.453 e. The van der Waals surface area contributed by atoms with Crippen molar-refractivity contribution >= 4 is 15.9 Å². The monoisotopic (exact) mass is 344 g/mol. The lowest BCUT2D eigenvalue weighted by Crippen LogP contribution is -2.47. The number of nitrogens with two attached hydrogens (primary N) is 1. The Balaban J connectivity index is 1.74. The molecule has 2 aliphatic rings. The summed E-state index contributed by atoms with van der Waals surface area (Å²) >= 11 is 3.35. The highest BCUT2D eigenvalue weighted by Crippen LogP contribution is 2.42. The Morgan fingerprint density at radius 1 is 1.30 bits per heavy atom. The summed E-state index contributed by atoms with van der Waals surface area (Å²) in [4.78, 5) is 0. The number of hydrazine groups is 1. The van der Waals surface area contributed by atoms with Crippen LogP contribution in [0.2, 0.25) is 0 Å². The van der Waals surface area contributed by atoms with Gasteiger partial charge in [0.05, 0.1) is 11.6 Å². The highest BCUT2D eigenvalue weighted by molar-refractivity contribution is 9.10. The summed E-state index contributed by atoms with van der Waals surface area (Å²) in [5, 5.41) is 0. The number of ether oxygens (including phenoxy) is 2. The first-order valence-electron chi connectivity index (χ1n) is 7.15. The maximum atomic E-state index is 6.08. The van der Waals surface area contributed by atoms with Gasteiger partial charge < -0.3 is 13.9 Å². The van der Waals surface area contributed by atoms with E-state index in [1.54, 1.807) is 0 Å². The number of furan rings is 1. The second kappa shape index (κ2) is 6.15. The van der Waals surface area contributed by atoms with Crippen molar-refractivity contribution in [2.45, 2.75) is 37.3 Å². The van der Waals surface area contributed by atoms with Crippen molar-refractivity contribution in [2.75, 3.05) is 19.8 Å².